The molecule has 0 radical (unpaired) electrons. The smallest absolute Gasteiger partial charge is 0.237 e. The molecule has 106 valence electrons. The van der Waals surface area contributed by atoms with Gasteiger partial charge in [0.25, 0.3) is 0 Å². The van der Waals surface area contributed by atoms with Crippen molar-refractivity contribution in [1.82, 2.24) is 10.6 Å². The molecule has 0 saturated heterocycles. The summed E-state index contributed by atoms with van der Waals surface area (Å²) in [6.45, 7) is 6.46. The Balaban J connectivity index is 3.77. The van der Waals surface area contributed by atoms with Gasteiger partial charge >= 0.3 is 0 Å². The van der Waals surface area contributed by atoms with Crippen LogP contribution in [-0.2, 0) is 14.3 Å². The molecular formula is C12H25N3O3. The summed E-state index contributed by atoms with van der Waals surface area (Å²) in [5, 5.41) is 5.44. The Morgan fingerprint density at radius 3 is 2.44 bits per heavy atom. The second-order valence-corrected chi connectivity index (χ2v) is 5.23. The van der Waals surface area contributed by atoms with Gasteiger partial charge in [0.15, 0.2) is 0 Å². The normalized spacial score (nSPS) is 12.9. The summed E-state index contributed by atoms with van der Waals surface area (Å²) >= 11 is 0. The lowest BCUT2D eigenvalue weighted by atomic mass is 10.1. The molecule has 6 nitrogen and oxygen atoms in total. The number of methoxy groups -OCH3 is 1. The Kier molecular flexibility index (Phi) is 7.54. The van der Waals surface area contributed by atoms with E-state index in [0.717, 1.165) is 0 Å². The van der Waals surface area contributed by atoms with E-state index < -0.39 is 6.04 Å². The molecule has 2 amide bonds. The van der Waals surface area contributed by atoms with Crippen molar-refractivity contribution in [2.75, 3.05) is 20.3 Å². The Bertz CT molecular complexity index is 274. The average molecular weight is 259 g/mol. The van der Waals surface area contributed by atoms with Crippen LogP contribution in [0.2, 0.25) is 0 Å². The first-order chi connectivity index (χ1) is 8.26. The van der Waals surface area contributed by atoms with Crippen LogP contribution in [0.15, 0.2) is 0 Å². The van der Waals surface area contributed by atoms with Crippen molar-refractivity contribution >= 4 is 11.8 Å². The van der Waals surface area contributed by atoms with Crippen molar-refractivity contribution in [2.24, 2.45) is 5.73 Å². The van der Waals surface area contributed by atoms with Gasteiger partial charge < -0.3 is 21.1 Å². The van der Waals surface area contributed by atoms with E-state index in [1.165, 1.54) is 0 Å². The van der Waals surface area contributed by atoms with Gasteiger partial charge in [0, 0.05) is 32.2 Å². The maximum atomic E-state index is 11.5. The highest BCUT2D eigenvalue weighted by Crippen LogP contribution is 1.98. The molecule has 0 bridgehead atoms. The van der Waals surface area contributed by atoms with E-state index in [2.05, 4.69) is 10.6 Å². The number of hydrogen-bond donors (Lipinski definition) is 3. The molecule has 0 aromatic heterocycles. The summed E-state index contributed by atoms with van der Waals surface area (Å²) < 4.78 is 4.84. The predicted octanol–water partition coefficient (Wildman–Crippen LogP) is -0.229. The lowest BCUT2D eigenvalue weighted by Crippen LogP contribution is -2.44. The highest BCUT2D eigenvalue weighted by atomic mass is 16.5. The first-order valence-corrected chi connectivity index (χ1v) is 6.09. The molecule has 0 aromatic carbocycles. The van der Waals surface area contributed by atoms with Crippen molar-refractivity contribution in [1.29, 1.82) is 0 Å². The number of amides is 2. The van der Waals surface area contributed by atoms with Gasteiger partial charge in [-0.1, -0.05) is 0 Å². The Hall–Kier alpha value is -1.14. The zero-order valence-corrected chi connectivity index (χ0v) is 11.7. The van der Waals surface area contributed by atoms with Crippen LogP contribution in [0, 0.1) is 0 Å². The van der Waals surface area contributed by atoms with Gasteiger partial charge in [0.05, 0.1) is 6.04 Å². The topological polar surface area (TPSA) is 93.4 Å². The molecule has 1 atom stereocenters. The quantitative estimate of drug-likeness (QED) is 0.589. The van der Waals surface area contributed by atoms with Crippen LogP contribution in [0.25, 0.3) is 0 Å². The van der Waals surface area contributed by atoms with E-state index in [9.17, 15) is 9.59 Å². The van der Waals surface area contributed by atoms with Crippen molar-refractivity contribution in [2.45, 2.75) is 45.2 Å². The third kappa shape index (κ3) is 8.95. The number of nitrogens with one attached hydrogen (secondary N) is 2. The summed E-state index contributed by atoms with van der Waals surface area (Å²) in [7, 11) is 1.56. The van der Waals surface area contributed by atoms with Gasteiger partial charge in [-0.15, -0.1) is 0 Å². The average Bonchev–Trinajstić information content (AvgIpc) is 2.23. The molecule has 0 heterocycles. The van der Waals surface area contributed by atoms with Crippen molar-refractivity contribution in [3.05, 3.63) is 0 Å². The largest absolute Gasteiger partial charge is 0.385 e. The highest BCUT2D eigenvalue weighted by molar-refractivity contribution is 5.82. The maximum Gasteiger partial charge on any atom is 0.237 e. The Morgan fingerprint density at radius 1 is 1.33 bits per heavy atom. The number of nitrogens with two attached hydrogens (primary N) is 1. The second-order valence-electron chi connectivity index (χ2n) is 5.23. The molecule has 0 aromatic rings. The van der Waals surface area contributed by atoms with E-state index in [1.54, 1.807) is 7.11 Å². The van der Waals surface area contributed by atoms with E-state index >= 15 is 0 Å². The van der Waals surface area contributed by atoms with Crippen LogP contribution in [0.4, 0.5) is 0 Å². The number of carbonyl (C=O) groups excluding carboxylic acids is 2. The van der Waals surface area contributed by atoms with Crippen molar-refractivity contribution < 1.29 is 14.3 Å². The standard InChI is InChI=1S/C12H25N3O3/c1-12(2,3)15-10(16)5-7-14-11(17)9(13)6-8-18-4/h9H,5-8,13H2,1-4H3,(H,14,17)(H,15,16). The zero-order valence-electron chi connectivity index (χ0n) is 11.7. The van der Waals surface area contributed by atoms with Gasteiger partial charge in [0.1, 0.15) is 0 Å². The predicted molar refractivity (Wildman–Crippen MR) is 70.0 cm³/mol. The van der Waals surface area contributed by atoms with Gasteiger partial charge in [-0.2, -0.15) is 0 Å². The number of rotatable bonds is 7. The highest BCUT2D eigenvalue weighted by Gasteiger charge is 2.15. The van der Waals surface area contributed by atoms with Crippen LogP contribution in [0.3, 0.4) is 0 Å². The van der Waals surface area contributed by atoms with E-state index in [0.29, 0.717) is 19.6 Å². The molecule has 18 heavy (non-hydrogen) atoms. The van der Waals surface area contributed by atoms with Crippen molar-refractivity contribution in [3.63, 3.8) is 0 Å². The fraction of sp³-hybridized carbons (Fsp3) is 0.833. The van der Waals surface area contributed by atoms with Crippen LogP contribution in [0.5, 0.6) is 0 Å². The first kappa shape index (κ1) is 16.9. The van der Waals surface area contributed by atoms with Gasteiger partial charge in [-0.3, -0.25) is 9.59 Å². The molecule has 0 spiro atoms. The number of ether oxygens (including phenoxy) is 1. The van der Waals surface area contributed by atoms with Crippen LogP contribution >= 0.6 is 0 Å². The third-order valence-corrected chi connectivity index (χ3v) is 2.14. The van der Waals surface area contributed by atoms with Gasteiger partial charge in [-0.05, 0) is 27.2 Å². The van der Waals surface area contributed by atoms with Crippen LogP contribution in [0.1, 0.15) is 33.6 Å². The summed E-state index contributed by atoms with van der Waals surface area (Å²) in [6, 6.07) is -0.587. The van der Waals surface area contributed by atoms with Gasteiger partial charge in [0.2, 0.25) is 11.8 Å². The van der Waals surface area contributed by atoms with Crippen LogP contribution in [-0.4, -0.2) is 43.7 Å². The lowest BCUT2D eigenvalue weighted by molar-refractivity contribution is -0.123. The number of carbonyl (C=O) groups is 2. The third-order valence-electron chi connectivity index (χ3n) is 2.14. The summed E-state index contributed by atoms with van der Waals surface area (Å²) in [4.78, 5) is 23.0. The monoisotopic (exact) mass is 259 g/mol. The Morgan fingerprint density at radius 2 is 1.94 bits per heavy atom. The minimum atomic E-state index is -0.587. The fourth-order valence-electron chi connectivity index (χ4n) is 1.29. The summed E-state index contributed by atoms with van der Waals surface area (Å²) in [5.74, 6) is -0.344. The van der Waals surface area contributed by atoms with E-state index in [1.807, 2.05) is 20.8 Å². The van der Waals surface area contributed by atoms with E-state index in [-0.39, 0.29) is 23.8 Å². The fourth-order valence-corrected chi connectivity index (χ4v) is 1.29. The molecular weight excluding hydrogens is 234 g/mol. The molecule has 0 saturated carbocycles. The Labute approximate surface area is 109 Å². The minimum Gasteiger partial charge on any atom is -0.385 e. The van der Waals surface area contributed by atoms with Crippen molar-refractivity contribution in [3.8, 4) is 0 Å². The molecule has 0 aliphatic rings. The first-order valence-electron chi connectivity index (χ1n) is 6.09. The molecule has 0 aliphatic carbocycles. The molecule has 6 heteroatoms. The molecule has 0 fully saturated rings. The number of hydrogen-bond acceptors (Lipinski definition) is 4. The van der Waals surface area contributed by atoms with Gasteiger partial charge in [-0.25, -0.2) is 0 Å². The molecule has 0 aliphatic heterocycles. The molecule has 4 N–H and O–H groups in total. The van der Waals surface area contributed by atoms with E-state index in [4.69, 9.17) is 10.5 Å². The minimum absolute atomic E-state index is 0.0896. The second kappa shape index (κ2) is 8.05. The summed E-state index contributed by atoms with van der Waals surface area (Å²) in [6.07, 6.45) is 0.719. The lowest BCUT2D eigenvalue weighted by Gasteiger charge is -2.20. The zero-order chi connectivity index (χ0) is 14.2. The molecule has 0 rings (SSSR count). The SMILES string of the molecule is COCCC(N)C(=O)NCCC(=O)NC(C)(C)C. The summed E-state index contributed by atoms with van der Waals surface area (Å²) in [5.41, 5.74) is 5.38. The van der Waals surface area contributed by atoms with Crippen LogP contribution < -0.4 is 16.4 Å². The maximum absolute atomic E-state index is 11.5. The molecule has 1 unspecified atom stereocenters.